The highest BCUT2D eigenvalue weighted by atomic mass is 79.9. The van der Waals surface area contributed by atoms with Gasteiger partial charge in [0.1, 0.15) is 5.75 Å². The second-order valence-electron chi connectivity index (χ2n) is 4.92. The fourth-order valence-corrected chi connectivity index (χ4v) is 4.97. The molecule has 0 aliphatic carbocycles. The lowest BCUT2D eigenvalue weighted by atomic mass is 10.2. The van der Waals surface area contributed by atoms with Crippen LogP contribution in [0, 0.1) is 0 Å². The molecule has 10 heteroatoms. The molecule has 0 saturated heterocycles. The Labute approximate surface area is 163 Å². The SMILES string of the molecule is COc1ccc(S(N)(=O)=O)cc1C(=O)NCCSCc1ccc(Br)s1. The number of hydrogen-bond donors (Lipinski definition) is 2. The Bertz CT molecular complexity index is 852. The van der Waals surface area contributed by atoms with Gasteiger partial charge in [0.25, 0.3) is 5.91 Å². The number of primary sulfonamides is 1. The molecule has 0 fully saturated rings. The Morgan fingerprint density at radius 2 is 2.12 bits per heavy atom. The third kappa shape index (κ3) is 6.00. The molecule has 0 spiro atoms. The van der Waals surface area contributed by atoms with E-state index in [-0.39, 0.29) is 10.5 Å². The molecule has 0 unspecified atom stereocenters. The molecule has 136 valence electrons. The summed E-state index contributed by atoms with van der Waals surface area (Å²) in [6, 6.07) is 8.01. The van der Waals surface area contributed by atoms with E-state index in [1.54, 1.807) is 23.1 Å². The van der Waals surface area contributed by atoms with Crippen molar-refractivity contribution >= 4 is 55.0 Å². The number of halogens is 1. The van der Waals surface area contributed by atoms with Crippen LogP contribution in [0.2, 0.25) is 0 Å². The third-order valence-electron chi connectivity index (χ3n) is 3.15. The lowest BCUT2D eigenvalue weighted by molar-refractivity contribution is 0.0953. The number of carbonyl (C=O) groups excluding carboxylic acids is 1. The summed E-state index contributed by atoms with van der Waals surface area (Å²) in [4.78, 5) is 13.4. The average Bonchev–Trinajstić information content (AvgIpc) is 2.98. The summed E-state index contributed by atoms with van der Waals surface area (Å²) < 4.78 is 29.1. The van der Waals surface area contributed by atoms with E-state index < -0.39 is 15.9 Å². The molecule has 2 aromatic rings. The van der Waals surface area contributed by atoms with Crippen molar-refractivity contribution in [2.24, 2.45) is 5.14 Å². The monoisotopic (exact) mass is 464 g/mol. The highest BCUT2D eigenvalue weighted by Gasteiger charge is 2.17. The minimum Gasteiger partial charge on any atom is -0.496 e. The number of carbonyl (C=O) groups is 1. The number of benzene rings is 1. The Morgan fingerprint density at radius 1 is 1.36 bits per heavy atom. The molecule has 0 aliphatic rings. The van der Waals surface area contributed by atoms with Crippen molar-refractivity contribution in [3.63, 3.8) is 0 Å². The molecule has 0 aliphatic heterocycles. The summed E-state index contributed by atoms with van der Waals surface area (Å²) in [6.07, 6.45) is 0. The Morgan fingerprint density at radius 3 is 2.72 bits per heavy atom. The molecule has 2 rings (SSSR count). The molecular formula is C15H17BrN2O4S3. The van der Waals surface area contributed by atoms with Crippen molar-refractivity contribution in [2.75, 3.05) is 19.4 Å². The van der Waals surface area contributed by atoms with Crippen molar-refractivity contribution < 1.29 is 17.9 Å². The van der Waals surface area contributed by atoms with E-state index >= 15 is 0 Å². The number of rotatable bonds is 8. The summed E-state index contributed by atoms with van der Waals surface area (Å²) in [7, 11) is -2.47. The van der Waals surface area contributed by atoms with Gasteiger partial charge < -0.3 is 10.1 Å². The molecule has 1 amide bonds. The number of sulfonamides is 1. The Hall–Kier alpha value is -1.07. The molecule has 1 heterocycles. The number of ether oxygens (including phenoxy) is 1. The first-order valence-corrected chi connectivity index (χ1v) is 11.4. The zero-order valence-electron chi connectivity index (χ0n) is 13.3. The Kier molecular flexibility index (Phi) is 7.32. The van der Waals surface area contributed by atoms with Gasteiger partial charge in [-0.05, 0) is 46.3 Å². The van der Waals surface area contributed by atoms with Crippen LogP contribution in [0.1, 0.15) is 15.2 Å². The van der Waals surface area contributed by atoms with Gasteiger partial charge in [-0.15, -0.1) is 11.3 Å². The fourth-order valence-electron chi connectivity index (χ4n) is 1.98. The maximum Gasteiger partial charge on any atom is 0.255 e. The van der Waals surface area contributed by atoms with Crippen LogP contribution >= 0.6 is 39.0 Å². The first kappa shape index (κ1) is 20.2. The minimum atomic E-state index is -3.88. The van der Waals surface area contributed by atoms with Gasteiger partial charge in [0.15, 0.2) is 0 Å². The summed E-state index contributed by atoms with van der Waals surface area (Å²) >= 11 is 6.80. The highest BCUT2D eigenvalue weighted by molar-refractivity contribution is 9.11. The van der Waals surface area contributed by atoms with Gasteiger partial charge in [-0.3, -0.25) is 4.79 Å². The van der Waals surface area contributed by atoms with Crippen molar-refractivity contribution in [1.82, 2.24) is 5.32 Å². The second kappa shape index (κ2) is 9.04. The lowest BCUT2D eigenvalue weighted by Gasteiger charge is -2.10. The third-order valence-corrected chi connectivity index (χ3v) is 6.87. The van der Waals surface area contributed by atoms with Crippen LogP contribution < -0.4 is 15.2 Å². The second-order valence-corrected chi connectivity index (χ2v) is 10.1. The summed E-state index contributed by atoms with van der Waals surface area (Å²) in [5, 5.41) is 7.87. The van der Waals surface area contributed by atoms with Crippen LogP contribution in [-0.2, 0) is 15.8 Å². The molecular weight excluding hydrogens is 448 g/mol. The van der Waals surface area contributed by atoms with Gasteiger partial charge in [-0.1, -0.05) is 0 Å². The summed E-state index contributed by atoms with van der Waals surface area (Å²) in [6.45, 7) is 0.457. The van der Waals surface area contributed by atoms with E-state index in [4.69, 9.17) is 9.88 Å². The first-order valence-electron chi connectivity index (χ1n) is 7.12. The van der Waals surface area contributed by atoms with Gasteiger partial charge in [0.05, 0.1) is 21.4 Å². The smallest absolute Gasteiger partial charge is 0.255 e. The van der Waals surface area contributed by atoms with Crippen molar-refractivity contribution in [2.45, 2.75) is 10.6 Å². The topological polar surface area (TPSA) is 98.5 Å². The Balaban J connectivity index is 1.91. The standard InChI is InChI=1S/C15H17BrN2O4S3/c1-22-13-4-3-11(25(17,20)21)8-12(13)15(19)18-6-7-23-9-10-2-5-14(16)24-10/h2-5,8H,6-7,9H2,1H3,(H,18,19)(H2,17,20,21). The molecule has 6 nitrogen and oxygen atoms in total. The van der Waals surface area contributed by atoms with Gasteiger partial charge in [-0.2, -0.15) is 11.8 Å². The average molecular weight is 465 g/mol. The number of nitrogens with one attached hydrogen (secondary N) is 1. The van der Waals surface area contributed by atoms with E-state index in [1.165, 1.54) is 30.2 Å². The van der Waals surface area contributed by atoms with Crippen LogP contribution in [0.4, 0.5) is 0 Å². The fraction of sp³-hybridized carbons (Fsp3) is 0.267. The number of thiophene rings is 1. The maximum absolute atomic E-state index is 12.3. The first-order chi connectivity index (χ1) is 11.8. The van der Waals surface area contributed by atoms with Gasteiger partial charge in [0, 0.05) is 22.9 Å². The molecule has 1 aromatic heterocycles. The molecule has 1 aromatic carbocycles. The number of amides is 1. The normalized spacial score (nSPS) is 11.3. The maximum atomic E-state index is 12.3. The van der Waals surface area contributed by atoms with Crippen LogP contribution in [0.15, 0.2) is 39.0 Å². The van der Waals surface area contributed by atoms with Gasteiger partial charge in [0.2, 0.25) is 10.0 Å². The molecule has 0 saturated carbocycles. The number of hydrogen-bond acceptors (Lipinski definition) is 6. The zero-order chi connectivity index (χ0) is 18.4. The van der Waals surface area contributed by atoms with Gasteiger partial charge >= 0.3 is 0 Å². The van der Waals surface area contributed by atoms with Crippen LogP contribution in [-0.4, -0.2) is 33.7 Å². The predicted octanol–water partition coefficient (Wildman–Crippen LogP) is 2.83. The molecule has 0 radical (unpaired) electrons. The van der Waals surface area contributed by atoms with E-state index in [2.05, 4.69) is 27.3 Å². The van der Waals surface area contributed by atoms with Crippen LogP contribution in [0.25, 0.3) is 0 Å². The van der Waals surface area contributed by atoms with E-state index in [9.17, 15) is 13.2 Å². The number of methoxy groups -OCH3 is 1. The van der Waals surface area contributed by atoms with Crippen molar-refractivity contribution in [3.8, 4) is 5.75 Å². The van der Waals surface area contributed by atoms with E-state index in [0.29, 0.717) is 12.3 Å². The minimum absolute atomic E-state index is 0.129. The number of thioether (sulfide) groups is 1. The largest absolute Gasteiger partial charge is 0.496 e. The van der Waals surface area contributed by atoms with E-state index in [1.807, 2.05) is 6.07 Å². The highest BCUT2D eigenvalue weighted by Crippen LogP contribution is 2.25. The molecule has 0 atom stereocenters. The van der Waals surface area contributed by atoms with E-state index in [0.717, 1.165) is 15.3 Å². The van der Waals surface area contributed by atoms with Crippen LogP contribution in [0.5, 0.6) is 5.75 Å². The van der Waals surface area contributed by atoms with Crippen molar-refractivity contribution in [1.29, 1.82) is 0 Å². The van der Waals surface area contributed by atoms with Gasteiger partial charge in [-0.25, -0.2) is 13.6 Å². The molecule has 3 N–H and O–H groups in total. The summed E-state index contributed by atoms with van der Waals surface area (Å²) in [5.74, 6) is 1.50. The lowest BCUT2D eigenvalue weighted by Crippen LogP contribution is -2.26. The van der Waals surface area contributed by atoms with Crippen LogP contribution in [0.3, 0.4) is 0 Å². The molecule has 0 bridgehead atoms. The zero-order valence-corrected chi connectivity index (χ0v) is 17.4. The number of nitrogens with two attached hydrogens (primary N) is 1. The van der Waals surface area contributed by atoms with Crippen molar-refractivity contribution in [3.05, 3.63) is 44.6 Å². The summed E-state index contributed by atoms with van der Waals surface area (Å²) in [5.41, 5.74) is 0.140. The molecule has 25 heavy (non-hydrogen) atoms. The quantitative estimate of drug-likeness (QED) is 0.585. The predicted molar refractivity (Wildman–Crippen MR) is 105 cm³/mol.